The van der Waals surface area contributed by atoms with Crippen molar-refractivity contribution in [3.63, 3.8) is 0 Å². The molecule has 0 aliphatic heterocycles. The van der Waals surface area contributed by atoms with Crippen molar-refractivity contribution in [1.29, 1.82) is 0 Å². The third kappa shape index (κ3) is 41.5. The van der Waals surface area contributed by atoms with Crippen LogP contribution in [0.4, 0.5) is 0 Å². The average Bonchev–Trinajstić information content (AvgIpc) is 3.10. The molecule has 0 spiro atoms. The molecule has 0 amide bonds. The van der Waals surface area contributed by atoms with Crippen LogP contribution in [0.25, 0.3) is 0 Å². The molecule has 4 heteroatoms. The first-order valence-corrected chi connectivity index (χ1v) is 22.0. The Labute approximate surface area is 303 Å². The maximum Gasteiger partial charge on any atom is 0.0107 e. The lowest BCUT2D eigenvalue weighted by molar-refractivity contribution is 0.264. The topological polar surface area (TPSA) is 53.3 Å². The fourth-order valence-corrected chi connectivity index (χ4v) is 6.56. The summed E-state index contributed by atoms with van der Waals surface area (Å²) >= 11 is 0. The summed E-state index contributed by atoms with van der Waals surface area (Å²) in [7, 11) is 0. The van der Waals surface area contributed by atoms with Gasteiger partial charge in [-0.2, -0.15) is 0 Å². The van der Waals surface area contributed by atoms with Crippen LogP contribution in [0.2, 0.25) is 0 Å². The quantitative estimate of drug-likeness (QED) is 0.0445. The van der Waals surface area contributed by atoms with E-state index in [0.717, 1.165) is 45.7 Å². The number of nitrogens with one attached hydrogen (secondary N) is 2. The molecule has 0 aromatic carbocycles. The number of allylic oxidation sites excluding steroid dienone is 4. The van der Waals surface area contributed by atoms with Gasteiger partial charge in [0.05, 0.1) is 0 Å². The highest BCUT2D eigenvalue weighted by Gasteiger charge is 2.04. The normalized spacial score (nSPS) is 12.1. The summed E-state index contributed by atoms with van der Waals surface area (Å²) in [6, 6.07) is 0. The molecule has 0 bridgehead atoms. The largest absolute Gasteiger partial charge is 0.330 e. The van der Waals surface area contributed by atoms with Crippen molar-refractivity contribution in [2.45, 2.75) is 206 Å². The van der Waals surface area contributed by atoms with Crippen LogP contribution >= 0.6 is 0 Å². The minimum atomic E-state index is 0.806. The highest BCUT2D eigenvalue weighted by Crippen LogP contribution is 2.12. The van der Waals surface area contributed by atoms with E-state index in [2.05, 4.69) is 53.7 Å². The first-order chi connectivity index (χ1) is 23.8. The van der Waals surface area contributed by atoms with Crippen LogP contribution in [0.3, 0.4) is 0 Å². The van der Waals surface area contributed by atoms with E-state index in [1.165, 1.54) is 199 Å². The molecule has 0 rings (SSSR count). The predicted molar refractivity (Wildman–Crippen MR) is 219 cm³/mol. The van der Waals surface area contributed by atoms with Gasteiger partial charge in [-0.1, -0.05) is 154 Å². The number of nitrogens with zero attached hydrogens (tertiary/aromatic N) is 1. The smallest absolute Gasteiger partial charge is 0.0107 e. The zero-order chi connectivity index (χ0) is 34.7. The molecule has 48 heavy (non-hydrogen) atoms. The molecule has 286 valence electrons. The monoisotopic (exact) mass is 675 g/mol. The van der Waals surface area contributed by atoms with Crippen LogP contribution in [0.5, 0.6) is 0 Å². The molecule has 0 aromatic heterocycles. The van der Waals surface area contributed by atoms with Crippen LogP contribution in [0, 0.1) is 0 Å². The Bertz CT molecular complexity index is 619. The van der Waals surface area contributed by atoms with Crippen LogP contribution < -0.4 is 16.4 Å². The minimum absolute atomic E-state index is 0.806. The van der Waals surface area contributed by atoms with Crippen molar-refractivity contribution in [2.75, 3.05) is 52.4 Å². The van der Waals surface area contributed by atoms with E-state index in [-0.39, 0.29) is 0 Å². The lowest BCUT2D eigenvalue weighted by Gasteiger charge is -2.22. The standard InChI is InChI=1S/C44H90N4/c1-3-5-7-9-11-13-15-17-19-21-23-25-27-29-31-33-38-46-39-36-40-47-41-44-48(43-35-37-45)42-34-32-30-28-26-24-22-20-18-16-14-12-10-8-6-4-2/h17-20,46-47H,3-16,21-45H2,1-2H3/b19-17+,20-18+. The number of hydrogen-bond acceptors (Lipinski definition) is 4. The van der Waals surface area contributed by atoms with Gasteiger partial charge in [-0.05, 0) is 116 Å². The molecule has 0 heterocycles. The summed E-state index contributed by atoms with van der Waals surface area (Å²) in [5, 5.41) is 7.34. The highest BCUT2D eigenvalue weighted by atomic mass is 15.1. The van der Waals surface area contributed by atoms with Gasteiger partial charge in [0.2, 0.25) is 0 Å². The third-order valence-electron chi connectivity index (χ3n) is 9.84. The van der Waals surface area contributed by atoms with Gasteiger partial charge >= 0.3 is 0 Å². The van der Waals surface area contributed by atoms with Crippen molar-refractivity contribution in [3.05, 3.63) is 24.3 Å². The van der Waals surface area contributed by atoms with Crippen LogP contribution in [-0.2, 0) is 0 Å². The lowest BCUT2D eigenvalue weighted by atomic mass is 10.1. The molecule has 0 atom stereocenters. The van der Waals surface area contributed by atoms with E-state index < -0.39 is 0 Å². The summed E-state index contributed by atoms with van der Waals surface area (Å²) in [5.74, 6) is 0. The molecule has 0 aromatic rings. The van der Waals surface area contributed by atoms with E-state index >= 15 is 0 Å². The zero-order valence-electron chi connectivity index (χ0n) is 33.2. The molecule has 0 saturated carbocycles. The van der Waals surface area contributed by atoms with Crippen molar-refractivity contribution < 1.29 is 0 Å². The van der Waals surface area contributed by atoms with E-state index in [1.54, 1.807) is 0 Å². The lowest BCUT2D eigenvalue weighted by Crippen LogP contribution is -2.35. The molecule has 0 fully saturated rings. The van der Waals surface area contributed by atoms with Crippen LogP contribution in [-0.4, -0.2) is 57.3 Å². The van der Waals surface area contributed by atoms with Gasteiger partial charge in [0.15, 0.2) is 0 Å². The third-order valence-corrected chi connectivity index (χ3v) is 9.84. The number of rotatable bonds is 42. The maximum absolute atomic E-state index is 5.83. The summed E-state index contributed by atoms with van der Waals surface area (Å²) in [6.45, 7) is 13.5. The van der Waals surface area contributed by atoms with Gasteiger partial charge in [-0.15, -0.1) is 0 Å². The number of hydrogen-bond donors (Lipinski definition) is 3. The highest BCUT2D eigenvalue weighted by molar-refractivity contribution is 4.82. The van der Waals surface area contributed by atoms with Crippen molar-refractivity contribution in [1.82, 2.24) is 15.5 Å². The van der Waals surface area contributed by atoms with Gasteiger partial charge < -0.3 is 21.3 Å². The molecule has 0 aliphatic carbocycles. The molecule has 4 N–H and O–H groups in total. The fourth-order valence-electron chi connectivity index (χ4n) is 6.56. The Hall–Kier alpha value is -0.680. The number of unbranched alkanes of at least 4 members (excludes halogenated alkanes) is 24. The predicted octanol–water partition coefficient (Wildman–Crippen LogP) is 12.3. The Morgan fingerprint density at radius 3 is 1.17 bits per heavy atom. The van der Waals surface area contributed by atoms with Crippen molar-refractivity contribution in [3.8, 4) is 0 Å². The Morgan fingerprint density at radius 2 is 0.708 bits per heavy atom. The van der Waals surface area contributed by atoms with Crippen molar-refractivity contribution in [2.24, 2.45) is 5.73 Å². The molecule has 0 aliphatic rings. The second-order valence-corrected chi connectivity index (χ2v) is 14.7. The number of nitrogens with two attached hydrogens (primary N) is 1. The fraction of sp³-hybridized carbons (Fsp3) is 0.909. The van der Waals surface area contributed by atoms with Gasteiger partial charge in [-0.25, -0.2) is 0 Å². The molecular formula is C44H90N4. The second kappa shape index (κ2) is 44.3. The summed E-state index contributed by atoms with van der Waals surface area (Å²) in [4.78, 5) is 2.64. The van der Waals surface area contributed by atoms with E-state index in [0.29, 0.717) is 0 Å². The molecule has 4 nitrogen and oxygen atoms in total. The van der Waals surface area contributed by atoms with Gasteiger partial charge in [0.25, 0.3) is 0 Å². The van der Waals surface area contributed by atoms with Gasteiger partial charge in [0, 0.05) is 13.1 Å². The van der Waals surface area contributed by atoms with Crippen LogP contribution in [0.1, 0.15) is 206 Å². The van der Waals surface area contributed by atoms with Crippen molar-refractivity contribution >= 4 is 0 Å². The Kier molecular flexibility index (Phi) is 43.7. The summed E-state index contributed by atoms with van der Waals surface area (Å²) in [6.07, 6.45) is 50.7. The average molecular weight is 675 g/mol. The molecule has 0 radical (unpaired) electrons. The first-order valence-electron chi connectivity index (χ1n) is 22.0. The molecule has 0 saturated heterocycles. The Morgan fingerprint density at radius 1 is 0.354 bits per heavy atom. The zero-order valence-corrected chi connectivity index (χ0v) is 33.2. The first kappa shape index (κ1) is 47.3. The van der Waals surface area contributed by atoms with E-state index in [4.69, 9.17) is 5.73 Å². The minimum Gasteiger partial charge on any atom is -0.330 e. The molecular weight excluding hydrogens is 585 g/mol. The second-order valence-electron chi connectivity index (χ2n) is 14.7. The SMILES string of the molecule is CCCCCCCC/C=C/CCCCCCCCNCCCNCCN(CCCN)CCCCCCCC/C=C/CCCCCCCC. The maximum atomic E-state index is 5.83. The summed E-state index contributed by atoms with van der Waals surface area (Å²) < 4.78 is 0. The van der Waals surface area contributed by atoms with E-state index in [9.17, 15) is 0 Å². The van der Waals surface area contributed by atoms with Gasteiger partial charge in [0.1, 0.15) is 0 Å². The van der Waals surface area contributed by atoms with Gasteiger partial charge in [-0.3, -0.25) is 0 Å². The van der Waals surface area contributed by atoms with E-state index in [1.807, 2.05) is 0 Å². The van der Waals surface area contributed by atoms with Crippen LogP contribution in [0.15, 0.2) is 24.3 Å². The summed E-state index contributed by atoms with van der Waals surface area (Å²) in [5.41, 5.74) is 5.83. The molecule has 0 unspecified atom stereocenters. The Balaban J connectivity index is 3.46.